The zero-order valence-electron chi connectivity index (χ0n) is 11.1. The Morgan fingerprint density at radius 1 is 1.43 bits per heavy atom. The van der Waals surface area contributed by atoms with Crippen LogP contribution >= 0.6 is 31.9 Å². The first-order valence-electron chi connectivity index (χ1n) is 6.00. The summed E-state index contributed by atoms with van der Waals surface area (Å²) in [5, 5.41) is 3.76. The number of halogens is 2. The van der Waals surface area contributed by atoms with Crippen molar-refractivity contribution < 1.29 is 13.9 Å². The third-order valence-corrected chi connectivity index (χ3v) is 3.59. The molecular weight excluding hydrogens is 404 g/mol. The molecule has 0 saturated heterocycles. The number of nitrogens with zero attached hydrogens (tertiary/aromatic N) is 1. The lowest BCUT2D eigenvalue weighted by atomic mass is 10.2. The highest BCUT2D eigenvalue weighted by molar-refractivity contribution is 9.11. The van der Waals surface area contributed by atoms with Crippen molar-refractivity contribution in [1.29, 1.82) is 0 Å². The fourth-order valence-electron chi connectivity index (χ4n) is 1.53. The summed E-state index contributed by atoms with van der Waals surface area (Å²) >= 11 is 6.80. The average Bonchev–Trinajstić information content (AvgIpc) is 2.90. The van der Waals surface area contributed by atoms with Gasteiger partial charge in [0.15, 0.2) is 6.61 Å². The van der Waals surface area contributed by atoms with Crippen molar-refractivity contribution >= 4 is 44.0 Å². The number of nitrogens with one attached hydrogen (secondary N) is 1. The van der Waals surface area contributed by atoms with Crippen LogP contribution in [0.2, 0.25) is 0 Å². The van der Waals surface area contributed by atoms with Gasteiger partial charge in [-0.05, 0) is 68.6 Å². The van der Waals surface area contributed by atoms with Crippen molar-refractivity contribution in [3.05, 3.63) is 50.8 Å². The van der Waals surface area contributed by atoms with E-state index >= 15 is 0 Å². The summed E-state index contributed by atoms with van der Waals surface area (Å²) in [6.45, 7) is 1.82. The van der Waals surface area contributed by atoms with Crippen LogP contribution in [0.1, 0.15) is 11.3 Å². The van der Waals surface area contributed by atoms with Crippen molar-refractivity contribution in [2.24, 2.45) is 5.10 Å². The molecule has 1 heterocycles. The quantitative estimate of drug-likeness (QED) is 0.598. The molecule has 110 valence electrons. The molecule has 1 aromatic carbocycles. The maximum atomic E-state index is 11.6. The van der Waals surface area contributed by atoms with E-state index in [1.165, 1.54) is 12.5 Å². The van der Waals surface area contributed by atoms with Gasteiger partial charge in [-0.15, -0.1) is 0 Å². The van der Waals surface area contributed by atoms with Gasteiger partial charge in [-0.1, -0.05) is 0 Å². The van der Waals surface area contributed by atoms with Crippen molar-refractivity contribution in [2.75, 3.05) is 6.61 Å². The molecule has 0 aliphatic heterocycles. The SMILES string of the molecule is Cc1cc(Br)c(OCC(=O)N/N=C/c2ccco2)c(Br)c1. The van der Waals surface area contributed by atoms with Crippen LogP contribution in [0.3, 0.4) is 0 Å². The summed E-state index contributed by atoms with van der Waals surface area (Å²) in [6.07, 6.45) is 2.94. The van der Waals surface area contributed by atoms with Crippen LogP contribution in [0.25, 0.3) is 0 Å². The third-order valence-electron chi connectivity index (χ3n) is 2.41. The van der Waals surface area contributed by atoms with Crippen molar-refractivity contribution in [1.82, 2.24) is 5.43 Å². The molecule has 0 fully saturated rings. The largest absolute Gasteiger partial charge is 0.481 e. The zero-order valence-corrected chi connectivity index (χ0v) is 14.3. The Kier molecular flexibility index (Phi) is 5.58. The summed E-state index contributed by atoms with van der Waals surface area (Å²) in [4.78, 5) is 11.6. The van der Waals surface area contributed by atoms with Gasteiger partial charge < -0.3 is 9.15 Å². The maximum Gasteiger partial charge on any atom is 0.277 e. The summed E-state index contributed by atoms with van der Waals surface area (Å²) in [5.74, 6) is 0.767. The molecule has 2 rings (SSSR count). The van der Waals surface area contributed by atoms with Gasteiger partial charge >= 0.3 is 0 Å². The Labute approximate surface area is 138 Å². The van der Waals surface area contributed by atoms with Gasteiger partial charge in [0, 0.05) is 0 Å². The van der Waals surface area contributed by atoms with E-state index in [1.807, 2.05) is 19.1 Å². The van der Waals surface area contributed by atoms with Crippen molar-refractivity contribution in [3.8, 4) is 5.75 Å². The molecule has 1 aromatic heterocycles. The second-order valence-corrected chi connectivity index (χ2v) is 5.86. The van der Waals surface area contributed by atoms with Crippen LogP contribution < -0.4 is 10.2 Å². The molecule has 0 unspecified atom stereocenters. The van der Waals surface area contributed by atoms with Gasteiger partial charge in [0.1, 0.15) is 11.5 Å². The number of amides is 1. The second-order valence-electron chi connectivity index (χ2n) is 4.15. The highest BCUT2D eigenvalue weighted by Gasteiger charge is 2.09. The minimum atomic E-state index is -0.364. The van der Waals surface area contributed by atoms with Crippen molar-refractivity contribution in [2.45, 2.75) is 6.92 Å². The van der Waals surface area contributed by atoms with Gasteiger partial charge in [0.2, 0.25) is 0 Å². The normalized spacial score (nSPS) is 10.8. The van der Waals surface area contributed by atoms with E-state index < -0.39 is 0 Å². The smallest absolute Gasteiger partial charge is 0.277 e. The highest BCUT2D eigenvalue weighted by atomic mass is 79.9. The summed E-state index contributed by atoms with van der Waals surface area (Å²) in [7, 11) is 0. The van der Waals surface area contributed by atoms with Gasteiger partial charge in [0.25, 0.3) is 5.91 Å². The fraction of sp³-hybridized carbons (Fsp3) is 0.143. The molecular formula is C14H12Br2N2O3. The molecule has 0 radical (unpaired) electrons. The van der Waals surface area contributed by atoms with Crippen LogP contribution in [0.5, 0.6) is 5.75 Å². The molecule has 0 spiro atoms. The van der Waals surface area contributed by atoms with E-state index in [0.29, 0.717) is 11.5 Å². The van der Waals surface area contributed by atoms with Crippen LogP contribution in [0.15, 0.2) is 49.0 Å². The summed E-state index contributed by atoms with van der Waals surface area (Å²) in [6, 6.07) is 7.28. The van der Waals surface area contributed by atoms with Crippen LogP contribution in [0, 0.1) is 6.92 Å². The molecule has 7 heteroatoms. The van der Waals surface area contributed by atoms with Gasteiger partial charge in [0.05, 0.1) is 21.4 Å². The molecule has 2 aromatic rings. The Morgan fingerprint density at radius 3 is 2.76 bits per heavy atom. The number of hydrazone groups is 1. The lowest BCUT2D eigenvalue weighted by Crippen LogP contribution is -2.24. The monoisotopic (exact) mass is 414 g/mol. The standard InChI is InChI=1S/C14H12Br2N2O3/c1-9-5-11(15)14(12(16)6-9)21-8-13(19)18-17-7-10-3-2-4-20-10/h2-7H,8H2,1H3,(H,18,19)/b17-7+. The Balaban J connectivity index is 1.87. The van der Waals surface area contributed by atoms with E-state index in [1.54, 1.807) is 12.1 Å². The van der Waals surface area contributed by atoms with Gasteiger partial charge in [-0.3, -0.25) is 4.79 Å². The zero-order chi connectivity index (χ0) is 15.2. The summed E-state index contributed by atoms with van der Waals surface area (Å²) < 4.78 is 12.1. The Morgan fingerprint density at radius 2 is 2.14 bits per heavy atom. The first-order chi connectivity index (χ1) is 10.1. The first kappa shape index (κ1) is 15.8. The number of rotatable bonds is 5. The third kappa shape index (κ3) is 4.71. The van der Waals surface area contributed by atoms with E-state index in [4.69, 9.17) is 9.15 Å². The highest BCUT2D eigenvalue weighted by Crippen LogP contribution is 2.34. The number of hydrogen-bond donors (Lipinski definition) is 1. The molecule has 0 atom stereocenters. The van der Waals surface area contributed by atoms with Gasteiger partial charge in [-0.25, -0.2) is 5.43 Å². The number of aryl methyl sites for hydroxylation is 1. The van der Waals surface area contributed by atoms with E-state index in [9.17, 15) is 4.79 Å². The number of furan rings is 1. The van der Waals surface area contributed by atoms with E-state index in [2.05, 4.69) is 42.4 Å². The summed E-state index contributed by atoms with van der Waals surface area (Å²) in [5.41, 5.74) is 3.43. The predicted octanol–water partition coefficient (Wildman–Crippen LogP) is 3.64. The second kappa shape index (κ2) is 7.42. The Bertz CT molecular complexity index is 631. The molecule has 21 heavy (non-hydrogen) atoms. The number of carbonyl (C=O) groups is 1. The predicted molar refractivity (Wildman–Crippen MR) is 86.5 cm³/mol. The van der Waals surface area contributed by atoms with Crippen molar-refractivity contribution in [3.63, 3.8) is 0 Å². The molecule has 0 aliphatic rings. The molecule has 1 amide bonds. The van der Waals surface area contributed by atoms with Gasteiger partial charge in [-0.2, -0.15) is 5.10 Å². The lowest BCUT2D eigenvalue weighted by Gasteiger charge is -2.10. The molecule has 1 N–H and O–H groups in total. The van der Waals surface area contributed by atoms with E-state index in [0.717, 1.165) is 14.5 Å². The lowest BCUT2D eigenvalue weighted by molar-refractivity contribution is -0.123. The van der Waals surface area contributed by atoms with Crippen LogP contribution in [-0.4, -0.2) is 18.7 Å². The molecule has 5 nitrogen and oxygen atoms in total. The minimum Gasteiger partial charge on any atom is -0.481 e. The average molecular weight is 416 g/mol. The molecule has 0 aliphatic carbocycles. The first-order valence-corrected chi connectivity index (χ1v) is 7.58. The number of carbonyl (C=O) groups excluding carboxylic acids is 1. The maximum absolute atomic E-state index is 11.6. The Hall–Kier alpha value is -1.60. The minimum absolute atomic E-state index is 0.143. The van der Waals surface area contributed by atoms with Crippen LogP contribution in [-0.2, 0) is 4.79 Å². The number of benzene rings is 1. The topological polar surface area (TPSA) is 63.8 Å². The van der Waals surface area contributed by atoms with E-state index in [-0.39, 0.29) is 12.5 Å². The molecule has 0 saturated carbocycles. The fourth-order valence-corrected chi connectivity index (χ4v) is 3.17. The van der Waals surface area contributed by atoms with Crippen LogP contribution in [0.4, 0.5) is 0 Å². The number of hydrogen-bond acceptors (Lipinski definition) is 4. The molecule has 0 bridgehead atoms. The number of ether oxygens (including phenoxy) is 1.